The average Bonchev–Trinajstić information content (AvgIpc) is 3.37. The number of benzene rings is 2. The highest BCUT2D eigenvalue weighted by molar-refractivity contribution is 6.35. The Morgan fingerprint density at radius 1 is 1.19 bits per heavy atom. The molecule has 7 nitrogen and oxygen atoms in total. The summed E-state index contributed by atoms with van der Waals surface area (Å²) in [6.45, 7) is 6.25. The number of anilines is 2. The van der Waals surface area contributed by atoms with E-state index in [9.17, 15) is 9.59 Å². The molecular formula is C25H25N5O2. The van der Waals surface area contributed by atoms with Crippen molar-refractivity contribution in [2.45, 2.75) is 26.8 Å². The summed E-state index contributed by atoms with van der Waals surface area (Å²) in [5.41, 5.74) is 8.75. The van der Waals surface area contributed by atoms with Gasteiger partial charge in [0.15, 0.2) is 0 Å². The monoisotopic (exact) mass is 427 g/mol. The molecule has 0 unspecified atom stereocenters. The Morgan fingerprint density at radius 3 is 2.78 bits per heavy atom. The number of hydrogen-bond donors (Lipinski definition) is 3. The molecule has 32 heavy (non-hydrogen) atoms. The highest BCUT2D eigenvalue weighted by Crippen LogP contribution is 2.35. The van der Waals surface area contributed by atoms with Crippen LogP contribution >= 0.6 is 0 Å². The molecule has 3 N–H and O–H groups in total. The maximum absolute atomic E-state index is 12.8. The number of aromatic nitrogens is 2. The summed E-state index contributed by atoms with van der Waals surface area (Å²) in [6, 6.07) is 9.99. The van der Waals surface area contributed by atoms with E-state index in [0.29, 0.717) is 17.8 Å². The quantitative estimate of drug-likeness (QED) is 0.556. The Kier molecular flexibility index (Phi) is 5.11. The summed E-state index contributed by atoms with van der Waals surface area (Å²) >= 11 is 0. The van der Waals surface area contributed by atoms with Crippen molar-refractivity contribution in [3.8, 4) is 0 Å². The van der Waals surface area contributed by atoms with E-state index >= 15 is 0 Å². The standard InChI is InChI=1S/C25H25N5O2/c1-15-7-17-5-6-30(12-18(17)8-16(15)2)13-24(31)28-19-3-4-23-21(9-19)22(25(32)29-23)10-20-11-26-14-27-20/h3-4,7-11,14H,5-6,12-13H2,1-2H3,(H,26,27)(H,28,31)(H,29,32)/b22-10-. The summed E-state index contributed by atoms with van der Waals surface area (Å²) in [7, 11) is 0. The first-order valence-electron chi connectivity index (χ1n) is 10.7. The van der Waals surface area contributed by atoms with E-state index in [4.69, 9.17) is 0 Å². The first kappa shape index (κ1) is 20.2. The minimum absolute atomic E-state index is 0.0615. The third-order valence-electron chi connectivity index (χ3n) is 6.18. The molecule has 162 valence electrons. The van der Waals surface area contributed by atoms with Crippen molar-refractivity contribution in [1.82, 2.24) is 14.9 Å². The second-order valence-electron chi connectivity index (χ2n) is 8.49. The Bertz CT molecular complexity index is 1240. The van der Waals surface area contributed by atoms with Gasteiger partial charge >= 0.3 is 0 Å². The lowest BCUT2D eigenvalue weighted by Gasteiger charge is -2.29. The smallest absolute Gasteiger partial charge is 0.256 e. The van der Waals surface area contributed by atoms with Gasteiger partial charge in [0, 0.05) is 30.0 Å². The van der Waals surface area contributed by atoms with E-state index in [1.165, 1.54) is 22.3 Å². The zero-order valence-corrected chi connectivity index (χ0v) is 18.2. The number of carbonyl (C=O) groups is 2. The molecule has 0 saturated heterocycles. The van der Waals surface area contributed by atoms with Gasteiger partial charge in [-0.3, -0.25) is 14.5 Å². The molecule has 2 amide bonds. The van der Waals surface area contributed by atoms with Crippen LogP contribution in [0.1, 0.15) is 33.5 Å². The number of fused-ring (bicyclic) bond motifs is 2. The third kappa shape index (κ3) is 3.94. The van der Waals surface area contributed by atoms with Gasteiger partial charge in [0.1, 0.15) is 0 Å². The summed E-state index contributed by atoms with van der Waals surface area (Å²) < 4.78 is 0. The molecule has 0 atom stereocenters. The average molecular weight is 428 g/mol. The van der Waals surface area contributed by atoms with Crippen LogP contribution in [-0.2, 0) is 22.6 Å². The van der Waals surface area contributed by atoms with Crippen molar-refractivity contribution in [3.63, 3.8) is 0 Å². The lowest BCUT2D eigenvalue weighted by molar-refractivity contribution is -0.117. The normalized spacial score (nSPS) is 16.6. The van der Waals surface area contributed by atoms with Gasteiger partial charge in [0.05, 0.1) is 30.3 Å². The van der Waals surface area contributed by atoms with Gasteiger partial charge in [-0.1, -0.05) is 12.1 Å². The second-order valence-corrected chi connectivity index (χ2v) is 8.49. The summed E-state index contributed by atoms with van der Waals surface area (Å²) in [5.74, 6) is -0.232. The lowest BCUT2D eigenvalue weighted by Crippen LogP contribution is -2.37. The number of nitrogens with zero attached hydrogens (tertiary/aromatic N) is 2. The third-order valence-corrected chi connectivity index (χ3v) is 6.18. The topological polar surface area (TPSA) is 90.1 Å². The minimum atomic E-state index is -0.171. The number of carbonyl (C=O) groups excluding carboxylic acids is 2. The molecule has 0 bridgehead atoms. The van der Waals surface area contributed by atoms with Crippen LogP contribution in [-0.4, -0.2) is 39.8 Å². The molecule has 0 saturated carbocycles. The van der Waals surface area contributed by atoms with Crippen molar-refractivity contribution >= 4 is 34.8 Å². The van der Waals surface area contributed by atoms with Gasteiger partial charge in [-0.15, -0.1) is 0 Å². The van der Waals surface area contributed by atoms with E-state index in [1.54, 1.807) is 18.6 Å². The number of imidazole rings is 1. The molecular weight excluding hydrogens is 402 g/mol. The summed E-state index contributed by atoms with van der Waals surface area (Å²) in [5, 5.41) is 5.85. The fourth-order valence-electron chi connectivity index (χ4n) is 4.36. The number of aromatic amines is 1. The van der Waals surface area contributed by atoms with Gasteiger partial charge in [-0.2, -0.15) is 0 Å². The Morgan fingerprint density at radius 2 is 2.00 bits per heavy atom. The molecule has 3 aromatic rings. The highest BCUT2D eigenvalue weighted by Gasteiger charge is 2.25. The fraction of sp³-hybridized carbons (Fsp3) is 0.240. The summed E-state index contributed by atoms with van der Waals surface area (Å²) in [6.07, 6.45) is 5.94. The fourth-order valence-corrected chi connectivity index (χ4v) is 4.36. The molecule has 5 rings (SSSR count). The minimum Gasteiger partial charge on any atom is -0.345 e. The van der Waals surface area contributed by atoms with E-state index in [1.807, 2.05) is 18.2 Å². The molecule has 7 heteroatoms. The van der Waals surface area contributed by atoms with Crippen LogP contribution in [0.4, 0.5) is 11.4 Å². The number of H-pyrrole nitrogens is 1. The van der Waals surface area contributed by atoms with Crippen molar-refractivity contribution in [2.75, 3.05) is 23.7 Å². The number of hydrogen-bond acceptors (Lipinski definition) is 4. The molecule has 2 aliphatic heterocycles. The number of amides is 2. The van der Waals surface area contributed by atoms with E-state index in [-0.39, 0.29) is 11.8 Å². The predicted octanol–water partition coefficient (Wildman–Crippen LogP) is 3.52. The van der Waals surface area contributed by atoms with Crippen LogP contribution in [0.5, 0.6) is 0 Å². The molecule has 0 fully saturated rings. The second kappa shape index (κ2) is 8.09. The zero-order valence-electron chi connectivity index (χ0n) is 18.2. The molecule has 2 aliphatic rings. The SMILES string of the molecule is Cc1cc2c(cc1C)CN(CC(=O)Nc1ccc3c(c1)/C(=C/c1cnc[nH]1)C(=O)N3)CC2. The maximum Gasteiger partial charge on any atom is 0.256 e. The van der Waals surface area contributed by atoms with Gasteiger partial charge in [-0.05, 0) is 66.8 Å². The Balaban J connectivity index is 1.28. The van der Waals surface area contributed by atoms with Crippen LogP contribution < -0.4 is 10.6 Å². The number of aryl methyl sites for hydroxylation is 2. The first-order valence-corrected chi connectivity index (χ1v) is 10.7. The Labute approximate surface area is 186 Å². The van der Waals surface area contributed by atoms with Crippen LogP contribution in [0.25, 0.3) is 11.6 Å². The van der Waals surface area contributed by atoms with Crippen molar-refractivity contribution < 1.29 is 9.59 Å². The van der Waals surface area contributed by atoms with Crippen LogP contribution in [0.2, 0.25) is 0 Å². The number of rotatable bonds is 4. The largest absolute Gasteiger partial charge is 0.345 e. The van der Waals surface area contributed by atoms with Crippen LogP contribution in [0.3, 0.4) is 0 Å². The van der Waals surface area contributed by atoms with Crippen LogP contribution in [0.15, 0.2) is 42.9 Å². The maximum atomic E-state index is 12.8. The molecule has 1 aromatic heterocycles. The van der Waals surface area contributed by atoms with E-state index in [0.717, 1.165) is 36.5 Å². The molecule has 0 radical (unpaired) electrons. The van der Waals surface area contributed by atoms with Gasteiger partial charge < -0.3 is 15.6 Å². The lowest BCUT2D eigenvalue weighted by atomic mass is 9.94. The molecule has 0 spiro atoms. The van der Waals surface area contributed by atoms with Gasteiger partial charge in [-0.25, -0.2) is 4.98 Å². The van der Waals surface area contributed by atoms with Crippen molar-refractivity contribution in [1.29, 1.82) is 0 Å². The van der Waals surface area contributed by atoms with Gasteiger partial charge in [0.25, 0.3) is 5.91 Å². The zero-order chi connectivity index (χ0) is 22.2. The van der Waals surface area contributed by atoms with Gasteiger partial charge in [0.2, 0.25) is 5.91 Å². The molecule has 3 heterocycles. The molecule has 0 aliphatic carbocycles. The summed E-state index contributed by atoms with van der Waals surface area (Å²) in [4.78, 5) is 34.3. The highest BCUT2D eigenvalue weighted by atomic mass is 16.2. The van der Waals surface area contributed by atoms with Crippen LogP contribution in [0, 0.1) is 13.8 Å². The Hall–Kier alpha value is -3.71. The van der Waals surface area contributed by atoms with Crippen molar-refractivity contribution in [3.05, 3.63) is 76.4 Å². The first-order chi connectivity index (χ1) is 15.5. The molecule has 2 aromatic carbocycles. The number of nitrogens with one attached hydrogen (secondary N) is 3. The predicted molar refractivity (Wildman–Crippen MR) is 125 cm³/mol. The van der Waals surface area contributed by atoms with Crippen molar-refractivity contribution in [2.24, 2.45) is 0 Å². The van der Waals surface area contributed by atoms with E-state index in [2.05, 4.69) is 51.5 Å². The van der Waals surface area contributed by atoms with E-state index < -0.39 is 0 Å².